The van der Waals surface area contributed by atoms with Crippen LogP contribution in [0.25, 0.3) is 64.5 Å². The highest BCUT2D eigenvalue weighted by atomic mass is 32.1. The largest absolute Gasteiger partial charge is 0.228 e. The molecule has 0 aliphatic heterocycles. The van der Waals surface area contributed by atoms with Crippen LogP contribution in [0.4, 0.5) is 0 Å². The third-order valence-corrected chi connectivity index (χ3v) is 7.46. The molecule has 2 heterocycles. The van der Waals surface area contributed by atoms with E-state index in [0.29, 0.717) is 0 Å². The molecule has 7 aromatic rings. The third kappa shape index (κ3) is 2.86. The van der Waals surface area contributed by atoms with Crippen LogP contribution in [0.1, 0.15) is 0 Å². The van der Waals surface area contributed by atoms with Gasteiger partial charge in [0.25, 0.3) is 0 Å². The molecule has 33 heavy (non-hydrogen) atoms. The van der Waals surface area contributed by atoms with Gasteiger partial charge in [0.05, 0.1) is 11.2 Å². The van der Waals surface area contributed by atoms with Crippen molar-refractivity contribution in [2.24, 2.45) is 0 Å². The molecule has 2 aromatic heterocycles. The molecule has 7 rings (SSSR count). The summed E-state index contributed by atoms with van der Waals surface area (Å²) in [6, 6.07) is 38.2. The number of para-hydroxylation sites is 1. The lowest BCUT2D eigenvalue weighted by molar-refractivity contribution is 1.23. The van der Waals surface area contributed by atoms with Crippen molar-refractivity contribution >= 4 is 53.2 Å². The Bertz CT molecular complexity index is 1820. The zero-order chi connectivity index (χ0) is 21.8. The zero-order valence-corrected chi connectivity index (χ0v) is 18.5. The first-order valence-corrected chi connectivity index (χ1v) is 11.8. The van der Waals surface area contributed by atoms with E-state index < -0.39 is 0 Å². The quantitative estimate of drug-likeness (QED) is 0.270. The molecule has 0 aliphatic rings. The Labute approximate surface area is 194 Å². The average Bonchev–Trinajstić information content (AvgIpc) is 3.28. The first kappa shape index (κ1) is 18.5. The molecule has 5 aromatic carbocycles. The minimum atomic E-state index is 0.755. The van der Waals surface area contributed by atoms with Crippen LogP contribution in [-0.2, 0) is 0 Å². The predicted octanol–water partition coefficient (Wildman–Crippen LogP) is 8.48. The number of thiophene rings is 1. The second-order valence-electron chi connectivity index (χ2n) is 8.23. The Morgan fingerprint density at radius 1 is 0.576 bits per heavy atom. The molecule has 0 atom stereocenters. The van der Waals surface area contributed by atoms with Crippen molar-refractivity contribution in [2.75, 3.05) is 0 Å². The summed E-state index contributed by atoms with van der Waals surface area (Å²) in [4.78, 5) is 10.1. The molecule has 0 bridgehead atoms. The number of aromatic nitrogens is 2. The Balaban J connectivity index is 1.67. The molecular formula is C30H18N2S. The van der Waals surface area contributed by atoms with Crippen molar-refractivity contribution in [1.82, 2.24) is 9.97 Å². The SMILES string of the molecule is c1ccc(-c2nc(-c3cc4ccccc4c4sc5ccccc5c34)c3ccccc3n2)cc1. The van der Waals surface area contributed by atoms with Crippen molar-refractivity contribution in [1.29, 1.82) is 0 Å². The standard InChI is InChI=1S/C30H18N2S/c1-2-10-19(11-3-1)30-31-25-16-8-6-14-22(25)28(32-30)24-18-20-12-4-5-13-21(20)29-27(24)23-15-7-9-17-26(23)33-29/h1-18H. The molecule has 0 saturated carbocycles. The number of rotatable bonds is 2. The highest BCUT2D eigenvalue weighted by Crippen LogP contribution is 2.45. The molecule has 0 radical (unpaired) electrons. The van der Waals surface area contributed by atoms with Crippen LogP contribution in [0.2, 0.25) is 0 Å². The monoisotopic (exact) mass is 438 g/mol. The van der Waals surface area contributed by atoms with Crippen molar-refractivity contribution < 1.29 is 0 Å². The molecular weight excluding hydrogens is 420 g/mol. The fourth-order valence-electron chi connectivity index (χ4n) is 4.74. The van der Waals surface area contributed by atoms with Crippen LogP contribution in [0.15, 0.2) is 109 Å². The van der Waals surface area contributed by atoms with E-state index in [1.807, 2.05) is 35.6 Å². The van der Waals surface area contributed by atoms with Gasteiger partial charge in [0, 0.05) is 36.7 Å². The average molecular weight is 439 g/mol. The maximum absolute atomic E-state index is 5.18. The van der Waals surface area contributed by atoms with Gasteiger partial charge in [0.2, 0.25) is 0 Å². The van der Waals surface area contributed by atoms with Crippen LogP contribution in [0, 0.1) is 0 Å². The lowest BCUT2D eigenvalue weighted by atomic mass is 9.96. The second-order valence-corrected chi connectivity index (χ2v) is 9.28. The van der Waals surface area contributed by atoms with Crippen molar-refractivity contribution in [3.05, 3.63) is 109 Å². The van der Waals surface area contributed by atoms with Gasteiger partial charge in [-0.3, -0.25) is 0 Å². The molecule has 0 N–H and O–H groups in total. The molecule has 0 fully saturated rings. The summed E-state index contributed by atoms with van der Waals surface area (Å²) in [5, 5.41) is 6.15. The summed E-state index contributed by atoms with van der Waals surface area (Å²) in [5.74, 6) is 0.755. The summed E-state index contributed by atoms with van der Waals surface area (Å²) in [7, 11) is 0. The van der Waals surface area contributed by atoms with Gasteiger partial charge in [-0.15, -0.1) is 11.3 Å². The molecule has 0 spiro atoms. The Morgan fingerprint density at radius 2 is 1.27 bits per heavy atom. The molecule has 0 saturated heterocycles. The van der Waals surface area contributed by atoms with Gasteiger partial charge in [0.15, 0.2) is 5.82 Å². The summed E-state index contributed by atoms with van der Waals surface area (Å²) in [6.07, 6.45) is 0. The summed E-state index contributed by atoms with van der Waals surface area (Å²) in [6.45, 7) is 0. The lowest BCUT2D eigenvalue weighted by Crippen LogP contribution is -1.95. The van der Waals surface area contributed by atoms with E-state index in [9.17, 15) is 0 Å². The summed E-state index contributed by atoms with van der Waals surface area (Å²) < 4.78 is 2.61. The maximum atomic E-state index is 5.18. The number of hydrogen-bond donors (Lipinski definition) is 0. The van der Waals surface area contributed by atoms with Crippen molar-refractivity contribution in [3.63, 3.8) is 0 Å². The van der Waals surface area contributed by atoms with Crippen LogP contribution >= 0.6 is 11.3 Å². The topological polar surface area (TPSA) is 25.8 Å². The van der Waals surface area contributed by atoms with Gasteiger partial charge in [0.1, 0.15) is 0 Å². The zero-order valence-electron chi connectivity index (χ0n) is 17.7. The van der Waals surface area contributed by atoms with Crippen LogP contribution in [-0.4, -0.2) is 9.97 Å². The fraction of sp³-hybridized carbons (Fsp3) is 0. The van der Waals surface area contributed by atoms with Gasteiger partial charge < -0.3 is 0 Å². The Hall–Kier alpha value is -4.08. The number of benzene rings is 5. The maximum Gasteiger partial charge on any atom is 0.160 e. The Kier molecular flexibility index (Phi) is 4.05. The summed E-state index contributed by atoms with van der Waals surface area (Å²) in [5.41, 5.74) is 4.13. The van der Waals surface area contributed by atoms with E-state index in [1.165, 1.54) is 30.9 Å². The number of nitrogens with zero attached hydrogens (tertiary/aromatic N) is 2. The van der Waals surface area contributed by atoms with Gasteiger partial charge in [-0.25, -0.2) is 9.97 Å². The molecule has 0 aliphatic carbocycles. The molecule has 0 unspecified atom stereocenters. The van der Waals surface area contributed by atoms with E-state index in [2.05, 4.69) is 84.9 Å². The minimum absolute atomic E-state index is 0.755. The number of fused-ring (bicyclic) bond motifs is 6. The van der Waals surface area contributed by atoms with E-state index in [0.717, 1.165) is 33.5 Å². The molecule has 0 amide bonds. The van der Waals surface area contributed by atoms with E-state index in [1.54, 1.807) is 0 Å². The first-order valence-electron chi connectivity index (χ1n) is 11.0. The smallest absolute Gasteiger partial charge is 0.160 e. The highest BCUT2D eigenvalue weighted by molar-refractivity contribution is 7.26. The second kappa shape index (κ2) is 7.22. The molecule has 2 nitrogen and oxygen atoms in total. The third-order valence-electron chi connectivity index (χ3n) is 6.26. The fourth-order valence-corrected chi connectivity index (χ4v) is 6.01. The van der Waals surface area contributed by atoms with Gasteiger partial charge in [-0.2, -0.15) is 0 Å². The van der Waals surface area contributed by atoms with E-state index in [4.69, 9.17) is 9.97 Å². The summed E-state index contributed by atoms with van der Waals surface area (Å²) >= 11 is 1.86. The van der Waals surface area contributed by atoms with E-state index >= 15 is 0 Å². The van der Waals surface area contributed by atoms with Crippen molar-refractivity contribution in [2.45, 2.75) is 0 Å². The van der Waals surface area contributed by atoms with Crippen LogP contribution < -0.4 is 0 Å². The molecule has 154 valence electrons. The van der Waals surface area contributed by atoms with Crippen LogP contribution in [0.3, 0.4) is 0 Å². The molecule has 3 heteroatoms. The normalized spacial score (nSPS) is 11.6. The van der Waals surface area contributed by atoms with Gasteiger partial charge >= 0.3 is 0 Å². The first-order chi connectivity index (χ1) is 16.4. The number of hydrogen-bond acceptors (Lipinski definition) is 3. The lowest BCUT2D eigenvalue weighted by Gasteiger charge is -2.12. The predicted molar refractivity (Wildman–Crippen MR) is 141 cm³/mol. The minimum Gasteiger partial charge on any atom is -0.228 e. The van der Waals surface area contributed by atoms with Crippen LogP contribution in [0.5, 0.6) is 0 Å². The highest BCUT2D eigenvalue weighted by Gasteiger charge is 2.18. The van der Waals surface area contributed by atoms with Gasteiger partial charge in [-0.1, -0.05) is 91.0 Å². The van der Waals surface area contributed by atoms with E-state index in [-0.39, 0.29) is 0 Å². The van der Waals surface area contributed by atoms with Gasteiger partial charge in [-0.05, 0) is 29.0 Å². The Morgan fingerprint density at radius 3 is 2.15 bits per heavy atom. The van der Waals surface area contributed by atoms with Crippen molar-refractivity contribution in [3.8, 4) is 22.6 Å².